The summed E-state index contributed by atoms with van der Waals surface area (Å²) in [5.74, 6) is -0.486. The Labute approximate surface area is 140 Å². The zero-order valence-corrected chi connectivity index (χ0v) is 13.3. The molecule has 1 aromatic carbocycles. The molecule has 0 aliphatic carbocycles. The maximum absolute atomic E-state index is 11.9. The first-order chi connectivity index (χ1) is 9.97. The van der Waals surface area contributed by atoms with Crippen LogP contribution in [0.4, 0.5) is 0 Å². The van der Waals surface area contributed by atoms with E-state index in [1.807, 2.05) is 0 Å². The summed E-state index contributed by atoms with van der Waals surface area (Å²) in [5.41, 5.74) is 3.07. The average Bonchev–Trinajstić information content (AvgIpc) is 2.40. The van der Waals surface area contributed by atoms with Crippen LogP contribution < -0.4 is 5.43 Å². The summed E-state index contributed by atoms with van der Waals surface area (Å²) in [6.45, 7) is 0. The van der Waals surface area contributed by atoms with Crippen molar-refractivity contribution in [2.75, 3.05) is 0 Å². The van der Waals surface area contributed by atoms with Crippen molar-refractivity contribution in [3.63, 3.8) is 0 Å². The van der Waals surface area contributed by atoms with E-state index >= 15 is 0 Å². The van der Waals surface area contributed by atoms with Gasteiger partial charge in [0.25, 0.3) is 5.91 Å². The van der Waals surface area contributed by atoms with Crippen LogP contribution in [-0.2, 0) is 0 Å². The highest BCUT2D eigenvalue weighted by atomic mass is 35.5. The molecule has 0 unspecified atom stereocenters. The monoisotopic (exact) mass is 361 g/mol. The number of hydrazone groups is 1. The van der Waals surface area contributed by atoms with Crippen LogP contribution in [-0.4, -0.2) is 17.1 Å². The number of benzene rings is 1. The van der Waals surface area contributed by atoms with Crippen LogP contribution in [0.2, 0.25) is 20.4 Å². The maximum Gasteiger partial charge on any atom is 0.271 e. The second kappa shape index (κ2) is 7.09. The number of nitrogens with zero attached hydrogens (tertiary/aromatic N) is 2. The van der Waals surface area contributed by atoms with E-state index < -0.39 is 5.91 Å². The normalized spacial score (nSPS) is 10.9. The Morgan fingerprint density at radius 3 is 2.24 bits per heavy atom. The Morgan fingerprint density at radius 1 is 1.10 bits per heavy atom. The summed E-state index contributed by atoms with van der Waals surface area (Å²) < 4.78 is 0. The van der Waals surface area contributed by atoms with Gasteiger partial charge in [-0.15, -0.1) is 0 Å². The van der Waals surface area contributed by atoms with Crippen LogP contribution >= 0.6 is 46.4 Å². The lowest BCUT2D eigenvalue weighted by Crippen LogP contribution is -2.17. The van der Waals surface area contributed by atoms with Gasteiger partial charge in [-0.05, 0) is 24.3 Å². The molecule has 1 N–H and O–H groups in total. The predicted octanol–water partition coefficient (Wildman–Crippen LogP) is 4.46. The molecule has 0 spiro atoms. The van der Waals surface area contributed by atoms with Crippen molar-refractivity contribution in [1.29, 1.82) is 0 Å². The molecule has 2 aromatic rings. The number of amides is 1. The molecule has 8 heteroatoms. The topological polar surface area (TPSA) is 54.4 Å². The molecule has 0 radical (unpaired) electrons. The third-order valence-electron chi connectivity index (χ3n) is 2.38. The van der Waals surface area contributed by atoms with Gasteiger partial charge in [0.1, 0.15) is 10.3 Å². The second-order valence-corrected chi connectivity index (χ2v) is 5.42. The largest absolute Gasteiger partial charge is 0.271 e. The van der Waals surface area contributed by atoms with Gasteiger partial charge in [-0.25, -0.2) is 10.4 Å². The molecule has 4 nitrogen and oxygen atoms in total. The standard InChI is InChI=1S/C13H7Cl4N3O/c14-9-2-1-3-10(15)8(9)6-18-20-13(21)7-4-11(16)19-12(17)5-7/h1-6H,(H,20,21). The SMILES string of the molecule is O=C(NN=Cc1c(Cl)cccc1Cl)c1cc(Cl)nc(Cl)c1. The van der Waals surface area contributed by atoms with Crippen molar-refractivity contribution in [1.82, 2.24) is 10.4 Å². The van der Waals surface area contributed by atoms with E-state index in [1.54, 1.807) is 18.2 Å². The van der Waals surface area contributed by atoms with Crippen LogP contribution in [0.1, 0.15) is 15.9 Å². The Balaban J connectivity index is 2.12. The summed E-state index contributed by atoms with van der Waals surface area (Å²) >= 11 is 23.4. The summed E-state index contributed by atoms with van der Waals surface area (Å²) in [6.07, 6.45) is 1.35. The van der Waals surface area contributed by atoms with Gasteiger partial charge in [0.15, 0.2) is 0 Å². The highest BCUT2D eigenvalue weighted by Gasteiger charge is 2.08. The number of nitrogens with one attached hydrogen (secondary N) is 1. The molecule has 108 valence electrons. The fourth-order valence-corrected chi connectivity index (χ4v) is 2.41. The first-order valence-electron chi connectivity index (χ1n) is 5.58. The quantitative estimate of drug-likeness (QED) is 0.498. The molecule has 1 aromatic heterocycles. The van der Waals surface area contributed by atoms with Gasteiger partial charge in [-0.3, -0.25) is 4.79 Å². The van der Waals surface area contributed by atoms with E-state index in [9.17, 15) is 4.79 Å². The fourth-order valence-electron chi connectivity index (χ4n) is 1.45. The van der Waals surface area contributed by atoms with Gasteiger partial charge >= 0.3 is 0 Å². The van der Waals surface area contributed by atoms with E-state index in [1.165, 1.54) is 18.3 Å². The first-order valence-corrected chi connectivity index (χ1v) is 7.09. The minimum atomic E-state index is -0.486. The lowest BCUT2D eigenvalue weighted by atomic mass is 10.2. The summed E-state index contributed by atoms with van der Waals surface area (Å²) in [5, 5.41) is 4.88. The van der Waals surface area contributed by atoms with Gasteiger partial charge in [-0.2, -0.15) is 5.10 Å². The average molecular weight is 363 g/mol. The van der Waals surface area contributed by atoms with Crippen molar-refractivity contribution >= 4 is 58.5 Å². The van der Waals surface area contributed by atoms with Gasteiger partial charge in [0.2, 0.25) is 0 Å². The highest BCUT2D eigenvalue weighted by molar-refractivity contribution is 6.38. The smallest absolute Gasteiger partial charge is 0.267 e. The lowest BCUT2D eigenvalue weighted by Gasteiger charge is -2.02. The molecule has 1 amide bonds. The Morgan fingerprint density at radius 2 is 1.67 bits per heavy atom. The highest BCUT2D eigenvalue weighted by Crippen LogP contribution is 2.22. The zero-order chi connectivity index (χ0) is 15.4. The first kappa shape index (κ1) is 16.0. The van der Waals surface area contributed by atoms with Crippen LogP contribution in [0.25, 0.3) is 0 Å². The van der Waals surface area contributed by atoms with Gasteiger partial charge in [-0.1, -0.05) is 52.5 Å². The van der Waals surface area contributed by atoms with Gasteiger partial charge in [0.05, 0.1) is 16.3 Å². The van der Waals surface area contributed by atoms with E-state index in [-0.39, 0.29) is 15.9 Å². The van der Waals surface area contributed by atoms with Gasteiger partial charge < -0.3 is 0 Å². The van der Waals surface area contributed by atoms with Crippen molar-refractivity contribution < 1.29 is 4.79 Å². The fraction of sp³-hybridized carbons (Fsp3) is 0. The predicted molar refractivity (Wildman–Crippen MR) is 85.8 cm³/mol. The number of hydrogen-bond acceptors (Lipinski definition) is 3. The Hall–Kier alpha value is -1.33. The van der Waals surface area contributed by atoms with Crippen LogP contribution in [0.3, 0.4) is 0 Å². The Bertz CT molecular complexity index is 678. The Kier molecular flexibility index (Phi) is 5.42. The van der Waals surface area contributed by atoms with Gasteiger partial charge in [0, 0.05) is 11.1 Å². The number of halogens is 4. The number of carbonyl (C=O) groups is 1. The molecule has 21 heavy (non-hydrogen) atoms. The molecule has 0 saturated carbocycles. The molecule has 1 heterocycles. The van der Waals surface area contributed by atoms with Crippen molar-refractivity contribution in [3.8, 4) is 0 Å². The minimum absolute atomic E-state index is 0.116. The summed E-state index contributed by atoms with van der Waals surface area (Å²) in [6, 6.07) is 7.79. The molecule has 0 fully saturated rings. The van der Waals surface area contributed by atoms with Crippen molar-refractivity contribution in [2.24, 2.45) is 5.10 Å². The number of rotatable bonds is 3. The van der Waals surface area contributed by atoms with Crippen LogP contribution in [0.5, 0.6) is 0 Å². The third-order valence-corrected chi connectivity index (χ3v) is 3.43. The van der Waals surface area contributed by atoms with E-state index in [0.29, 0.717) is 15.6 Å². The molecule has 0 saturated heterocycles. The summed E-state index contributed by atoms with van der Waals surface area (Å²) in [4.78, 5) is 15.6. The van der Waals surface area contributed by atoms with Crippen molar-refractivity contribution in [2.45, 2.75) is 0 Å². The molecule has 0 bridgehead atoms. The van der Waals surface area contributed by atoms with E-state index in [4.69, 9.17) is 46.4 Å². The maximum atomic E-state index is 11.9. The van der Waals surface area contributed by atoms with Crippen LogP contribution in [0, 0.1) is 0 Å². The molecule has 2 rings (SSSR count). The zero-order valence-electron chi connectivity index (χ0n) is 10.3. The molecule has 0 aliphatic rings. The molecule has 0 aliphatic heterocycles. The third kappa shape index (κ3) is 4.32. The van der Waals surface area contributed by atoms with E-state index in [2.05, 4.69) is 15.5 Å². The van der Waals surface area contributed by atoms with E-state index in [0.717, 1.165) is 0 Å². The van der Waals surface area contributed by atoms with Crippen LogP contribution in [0.15, 0.2) is 35.4 Å². The molecular formula is C13H7Cl4N3O. The lowest BCUT2D eigenvalue weighted by molar-refractivity contribution is 0.0955. The number of hydrogen-bond donors (Lipinski definition) is 1. The number of aromatic nitrogens is 1. The number of carbonyl (C=O) groups excluding carboxylic acids is 1. The molecular weight excluding hydrogens is 356 g/mol. The van der Waals surface area contributed by atoms with Crippen molar-refractivity contribution in [3.05, 3.63) is 61.8 Å². The number of pyridine rings is 1. The molecule has 0 atom stereocenters. The minimum Gasteiger partial charge on any atom is -0.267 e. The summed E-state index contributed by atoms with van der Waals surface area (Å²) in [7, 11) is 0. The second-order valence-electron chi connectivity index (χ2n) is 3.84.